The van der Waals surface area contributed by atoms with Crippen LogP contribution in [0.25, 0.3) is 5.65 Å². The molecule has 0 bridgehead atoms. The molecule has 0 saturated carbocycles. The van der Waals surface area contributed by atoms with Crippen molar-refractivity contribution in [2.45, 2.75) is 39.0 Å². The maximum atomic E-state index is 13.0. The molecule has 0 unspecified atom stereocenters. The van der Waals surface area contributed by atoms with Crippen LogP contribution in [0.4, 0.5) is 0 Å². The van der Waals surface area contributed by atoms with E-state index in [-0.39, 0.29) is 5.91 Å². The second-order valence-electron chi connectivity index (χ2n) is 8.00. The number of likely N-dealkylation sites (tertiary alicyclic amines) is 2. The Morgan fingerprint density at radius 1 is 1.12 bits per heavy atom. The van der Waals surface area contributed by atoms with Gasteiger partial charge in [-0.25, -0.2) is 4.98 Å². The van der Waals surface area contributed by atoms with Crippen molar-refractivity contribution in [2.75, 3.05) is 33.2 Å². The molecule has 5 heteroatoms. The standard InChI is InChI=1S/C20H28N4O/c1-16-5-3-10-24-15-17(21-18(16)24)19(25)23-11-4-6-20(9-14-23)7-12-22(2)13-8-20/h3,5,10,15H,4,6-9,11-14H2,1-2H3. The molecule has 0 radical (unpaired) electrons. The van der Waals surface area contributed by atoms with Gasteiger partial charge in [-0.15, -0.1) is 0 Å². The molecule has 25 heavy (non-hydrogen) atoms. The predicted molar refractivity (Wildman–Crippen MR) is 98.8 cm³/mol. The Kier molecular flexibility index (Phi) is 4.28. The number of aryl methyl sites for hydroxylation is 1. The van der Waals surface area contributed by atoms with E-state index in [0.717, 1.165) is 37.1 Å². The molecule has 2 aliphatic heterocycles. The third kappa shape index (κ3) is 3.17. The van der Waals surface area contributed by atoms with Crippen molar-refractivity contribution in [1.29, 1.82) is 0 Å². The molecule has 0 aromatic carbocycles. The number of rotatable bonds is 1. The quantitative estimate of drug-likeness (QED) is 0.801. The van der Waals surface area contributed by atoms with Crippen molar-refractivity contribution < 1.29 is 4.79 Å². The average Bonchev–Trinajstić information content (AvgIpc) is 2.95. The largest absolute Gasteiger partial charge is 0.337 e. The van der Waals surface area contributed by atoms with Crippen LogP contribution in [0.2, 0.25) is 0 Å². The minimum absolute atomic E-state index is 0.0908. The van der Waals surface area contributed by atoms with E-state index in [4.69, 9.17) is 0 Å². The fourth-order valence-electron chi connectivity index (χ4n) is 4.47. The van der Waals surface area contributed by atoms with E-state index in [9.17, 15) is 4.79 Å². The second kappa shape index (κ2) is 6.45. The van der Waals surface area contributed by atoms with Crippen molar-refractivity contribution in [1.82, 2.24) is 19.2 Å². The highest BCUT2D eigenvalue weighted by Crippen LogP contribution is 2.41. The summed E-state index contributed by atoms with van der Waals surface area (Å²) in [6.07, 6.45) is 9.90. The van der Waals surface area contributed by atoms with Gasteiger partial charge in [0.05, 0.1) is 0 Å². The van der Waals surface area contributed by atoms with Crippen LogP contribution in [0.3, 0.4) is 0 Å². The maximum Gasteiger partial charge on any atom is 0.274 e. The Morgan fingerprint density at radius 3 is 2.64 bits per heavy atom. The first kappa shape index (κ1) is 16.6. The van der Waals surface area contributed by atoms with Gasteiger partial charge in [0, 0.05) is 25.5 Å². The number of imidazole rings is 1. The zero-order valence-corrected chi connectivity index (χ0v) is 15.4. The van der Waals surface area contributed by atoms with E-state index in [1.165, 1.54) is 32.4 Å². The Morgan fingerprint density at radius 2 is 1.88 bits per heavy atom. The van der Waals surface area contributed by atoms with E-state index in [1.54, 1.807) is 0 Å². The van der Waals surface area contributed by atoms with E-state index in [0.29, 0.717) is 11.1 Å². The van der Waals surface area contributed by atoms with E-state index < -0.39 is 0 Å². The van der Waals surface area contributed by atoms with Gasteiger partial charge in [-0.05, 0) is 76.2 Å². The Balaban J connectivity index is 1.49. The molecule has 0 atom stereocenters. The first-order valence-electron chi connectivity index (χ1n) is 9.49. The van der Waals surface area contributed by atoms with Crippen LogP contribution in [0, 0.1) is 12.3 Å². The molecule has 1 amide bonds. The minimum atomic E-state index is 0.0908. The summed E-state index contributed by atoms with van der Waals surface area (Å²) in [5.74, 6) is 0.0908. The minimum Gasteiger partial charge on any atom is -0.337 e. The topological polar surface area (TPSA) is 40.9 Å². The molecule has 2 aromatic heterocycles. The van der Waals surface area contributed by atoms with Crippen molar-refractivity contribution in [3.05, 3.63) is 35.8 Å². The number of pyridine rings is 1. The lowest BCUT2D eigenvalue weighted by Gasteiger charge is -2.40. The van der Waals surface area contributed by atoms with E-state index in [2.05, 4.69) is 16.9 Å². The number of piperidine rings is 1. The highest BCUT2D eigenvalue weighted by molar-refractivity contribution is 5.93. The zero-order valence-electron chi connectivity index (χ0n) is 15.4. The third-order valence-electron chi connectivity index (χ3n) is 6.28. The third-order valence-corrected chi connectivity index (χ3v) is 6.28. The SMILES string of the molecule is Cc1cccn2cc(C(=O)N3CCCC4(CCN(C)CC4)CC3)nc12. The van der Waals surface area contributed by atoms with Gasteiger partial charge in [0.15, 0.2) is 0 Å². The second-order valence-corrected chi connectivity index (χ2v) is 8.00. The molecular weight excluding hydrogens is 312 g/mol. The first-order chi connectivity index (χ1) is 12.1. The number of aromatic nitrogens is 2. The van der Waals surface area contributed by atoms with Crippen molar-refractivity contribution in [3.63, 3.8) is 0 Å². The molecule has 2 saturated heterocycles. The number of carbonyl (C=O) groups excluding carboxylic acids is 1. The number of carbonyl (C=O) groups is 1. The summed E-state index contributed by atoms with van der Waals surface area (Å²) in [5.41, 5.74) is 3.01. The highest BCUT2D eigenvalue weighted by Gasteiger charge is 2.36. The van der Waals surface area contributed by atoms with Gasteiger partial charge < -0.3 is 14.2 Å². The smallest absolute Gasteiger partial charge is 0.274 e. The molecule has 2 aliphatic rings. The summed E-state index contributed by atoms with van der Waals surface area (Å²) >= 11 is 0. The van der Waals surface area contributed by atoms with Crippen LogP contribution in [0.5, 0.6) is 0 Å². The van der Waals surface area contributed by atoms with Crippen LogP contribution in [-0.4, -0.2) is 58.3 Å². The monoisotopic (exact) mass is 340 g/mol. The molecule has 134 valence electrons. The predicted octanol–water partition coefficient (Wildman–Crippen LogP) is 2.98. The lowest BCUT2D eigenvalue weighted by Crippen LogP contribution is -2.39. The summed E-state index contributed by atoms with van der Waals surface area (Å²) in [4.78, 5) is 22.1. The number of fused-ring (bicyclic) bond motifs is 1. The van der Waals surface area contributed by atoms with Gasteiger partial charge in [-0.1, -0.05) is 6.07 Å². The normalized spacial score (nSPS) is 21.6. The molecule has 0 N–H and O–H groups in total. The molecule has 4 rings (SSSR count). The molecule has 2 fully saturated rings. The fraction of sp³-hybridized carbons (Fsp3) is 0.600. The Labute approximate surface area is 149 Å². The number of amides is 1. The van der Waals surface area contributed by atoms with Gasteiger partial charge in [0.1, 0.15) is 11.3 Å². The molecule has 0 aliphatic carbocycles. The Bertz CT molecular complexity index is 773. The van der Waals surface area contributed by atoms with Gasteiger partial charge >= 0.3 is 0 Å². The number of hydrogen-bond donors (Lipinski definition) is 0. The maximum absolute atomic E-state index is 13.0. The summed E-state index contributed by atoms with van der Waals surface area (Å²) in [6, 6.07) is 4.03. The van der Waals surface area contributed by atoms with Crippen molar-refractivity contribution >= 4 is 11.6 Å². The molecule has 1 spiro atoms. The lowest BCUT2D eigenvalue weighted by molar-refractivity contribution is 0.0729. The average molecular weight is 340 g/mol. The van der Waals surface area contributed by atoms with Crippen LogP contribution in [-0.2, 0) is 0 Å². The molecule has 2 aromatic rings. The summed E-state index contributed by atoms with van der Waals surface area (Å²) in [7, 11) is 2.21. The van der Waals surface area contributed by atoms with Crippen molar-refractivity contribution in [3.8, 4) is 0 Å². The summed E-state index contributed by atoms with van der Waals surface area (Å²) in [5, 5.41) is 0. The van der Waals surface area contributed by atoms with Gasteiger partial charge in [-0.3, -0.25) is 4.79 Å². The first-order valence-corrected chi connectivity index (χ1v) is 9.49. The van der Waals surface area contributed by atoms with Crippen LogP contribution < -0.4 is 0 Å². The van der Waals surface area contributed by atoms with Gasteiger partial charge in [0.2, 0.25) is 0 Å². The van der Waals surface area contributed by atoms with E-state index in [1.807, 2.05) is 40.8 Å². The molecule has 5 nitrogen and oxygen atoms in total. The fourth-order valence-corrected chi connectivity index (χ4v) is 4.47. The van der Waals surface area contributed by atoms with Crippen molar-refractivity contribution in [2.24, 2.45) is 5.41 Å². The van der Waals surface area contributed by atoms with E-state index >= 15 is 0 Å². The lowest BCUT2D eigenvalue weighted by atomic mass is 9.73. The van der Waals surface area contributed by atoms with Crippen LogP contribution in [0.1, 0.15) is 48.2 Å². The van der Waals surface area contributed by atoms with Crippen LogP contribution in [0.15, 0.2) is 24.5 Å². The van der Waals surface area contributed by atoms with Crippen LogP contribution >= 0.6 is 0 Å². The van der Waals surface area contributed by atoms with Gasteiger partial charge in [-0.2, -0.15) is 0 Å². The zero-order chi connectivity index (χ0) is 17.4. The molecule has 4 heterocycles. The Hall–Kier alpha value is -1.88. The molecular formula is C20H28N4O. The highest BCUT2D eigenvalue weighted by atomic mass is 16.2. The summed E-state index contributed by atoms with van der Waals surface area (Å²) in [6.45, 7) is 6.16. The van der Waals surface area contributed by atoms with Gasteiger partial charge in [0.25, 0.3) is 5.91 Å². The number of nitrogens with zero attached hydrogens (tertiary/aromatic N) is 4. The number of hydrogen-bond acceptors (Lipinski definition) is 3. The summed E-state index contributed by atoms with van der Waals surface area (Å²) < 4.78 is 1.96.